The van der Waals surface area contributed by atoms with Crippen molar-refractivity contribution in [1.82, 2.24) is 10.6 Å². The summed E-state index contributed by atoms with van der Waals surface area (Å²) in [5.74, 6) is -0.904. The lowest BCUT2D eigenvalue weighted by atomic mass is 10.1. The maximum Gasteiger partial charge on any atom is 0.408 e. The zero-order chi connectivity index (χ0) is 22.0. The van der Waals surface area contributed by atoms with E-state index >= 15 is 0 Å². The van der Waals surface area contributed by atoms with Crippen molar-refractivity contribution in [3.05, 3.63) is 55.1 Å². The quantitative estimate of drug-likeness (QED) is 0.552. The van der Waals surface area contributed by atoms with Crippen molar-refractivity contribution < 1.29 is 19.1 Å². The maximum atomic E-state index is 12.6. The van der Waals surface area contributed by atoms with Crippen LogP contribution in [0.5, 0.6) is 0 Å². The predicted octanol–water partition coefficient (Wildman–Crippen LogP) is 3.53. The number of carbonyl (C=O) groups is 3. The molecular weight excluding hydrogens is 370 g/mol. The maximum absolute atomic E-state index is 12.6. The van der Waals surface area contributed by atoms with Crippen molar-refractivity contribution in [1.29, 1.82) is 0 Å². The van der Waals surface area contributed by atoms with Gasteiger partial charge in [0.15, 0.2) is 0 Å². The van der Waals surface area contributed by atoms with Gasteiger partial charge in [-0.1, -0.05) is 37.3 Å². The number of carbonyl (C=O) groups excluding carboxylic acids is 3. The molecular formula is C22H31N3O4. The number of nitrogens with one attached hydrogen (secondary N) is 3. The molecule has 1 rings (SSSR count). The van der Waals surface area contributed by atoms with Crippen molar-refractivity contribution >= 4 is 23.6 Å². The first-order valence-electron chi connectivity index (χ1n) is 9.46. The van der Waals surface area contributed by atoms with Gasteiger partial charge < -0.3 is 20.7 Å². The Morgan fingerprint density at radius 2 is 1.79 bits per heavy atom. The number of alkyl carbamates (subject to hydrolysis) is 1. The highest BCUT2D eigenvalue weighted by Gasteiger charge is 2.23. The van der Waals surface area contributed by atoms with E-state index in [0.29, 0.717) is 5.69 Å². The van der Waals surface area contributed by atoms with E-state index in [2.05, 4.69) is 29.1 Å². The molecule has 0 heterocycles. The Morgan fingerprint density at radius 3 is 2.38 bits per heavy atom. The molecule has 7 heteroatoms. The number of benzene rings is 1. The Bertz CT molecular complexity index is 753. The van der Waals surface area contributed by atoms with Crippen LogP contribution in [0.1, 0.15) is 39.7 Å². The monoisotopic (exact) mass is 401 g/mol. The summed E-state index contributed by atoms with van der Waals surface area (Å²) in [7, 11) is 0. The molecule has 0 fully saturated rings. The van der Waals surface area contributed by atoms with Crippen molar-refractivity contribution in [2.75, 3.05) is 5.32 Å². The Morgan fingerprint density at radius 1 is 1.14 bits per heavy atom. The van der Waals surface area contributed by atoms with Crippen LogP contribution >= 0.6 is 0 Å². The number of ether oxygens (including phenoxy) is 1. The molecule has 3 N–H and O–H groups in total. The first-order valence-corrected chi connectivity index (χ1v) is 9.46. The summed E-state index contributed by atoms with van der Waals surface area (Å²) in [4.78, 5) is 36.7. The summed E-state index contributed by atoms with van der Waals surface area (Å²) in [6.07, 6.45) is 2.68. The molecule has 3 amide bonds. The summed E-state index contributed by atoms with van der Waals surface area (Å²) in [6, 6.07) is 6.36. The standard InChI is InChI=1S/C22H31N3O4/c1-7-11-18(25-21(28)29-22(4,5)6)20(27)23-14-16-12-9-10-13-17(16)24-19(26)15(3)8-2/h7-10,12-13,15,18H,1-2,11,14H2,3-6H3,(H,23,27)(H,24,26)(H,25,28). The Labute approximate surface area is 172 Å². The van der Waals surface area contributed by atoms with Gasteiger partial charge in [0.1, 0.15) is 11.6 Å². The van der Waals surface area contributed by atoms with Crippen LogP contribution in [0.15, 0.2) is 49.6 Å². The third-order valence-electron chi connectivity index (χ3n) is 3.91. The molecule has 0 spiro atoms. The summed E-state index contributed by atoms with van der Waals surface area (Å²) in [5, 5.41) is 8.16. The first kappa shape index (κ1) is 23.9. The topological polar surface area (TPSA) is 96.5 Å². The lowest BCUT2D eigenvalue weighted by molar-refractivity contribution is -0.123. The van der Waals surface area contributed by atoms with Crippen LogP contribution in [0, 0.1) is 5.92 Å². The van der Waals surface area contributed by atoms with Gasteiger partial charge in [0.2, 0.25) is 11.8 Å². The van der Waals surface area contributed by atoms with Gasteiger partial charge >= 0.3 is 6.09 Å². The highest BCUT2D eigenvalue weighted by Crippen LogP contribution is 2.16. The second-order valence-corrected chi connectivity index (χ2v) is 7.61. The fourth-order valence-electron chi connectivity index (χ4n) is 2.30. The molecule has 0 aliphatic heterocycles. The van der Waals surface area contributed by atoms with E-state index in [4.69, 9.17) is 4.74 Å². The van der Waals surface area contributed by atoms with Gasteiger partial charge in [-0.15, -0.1) is 13.2 Å². The number of amides is 3. The fourth-order valence-corrected chi connectivity index (χ4v) is 2.30. The highest BCUT2D eigenvalue weighted by atomic mass is 16.6. The zero-order valence-electron chi connectivity index (χ0n) is 17.6. The number of anilines is 1. The molecule has 2 atom stereocenters. The molecule has 0 radical (unpaired) electrons. The molecule has 0 aliphatic carbocycles. The van der Waals surface area contributed by atoms with E-state index in [-0.39, 0.29) is 30.7 Å². The minimum atomic E-state index is -0.815. The van der Waals surface area contributed by atoms with Gasteiger partial charge in [-0.25, -0.2) is 4.79 Å². The Hall–Kier alpha value is -3.09. The second kappa shape index (κ2) is 11.0. The summed E-state index contributed by atoms with van der Waals surface area (Å²) >= 11 is 0. The third kappa shape index (κ3) is 8.64. The lowest BCUT2D eigenvalue weighted by Crippen LogP contribution is -2.47. The minimum absolute atomic E-state index is 0.182. The van der Waals surface area contributed by atoms with Crippen LogP contribution in [-0.2, 0) is 20.9 Å². The molecule has 7 nitrogen and oxygen atoms in total. The molecule has 29 heavy (non-hydrogen) atoms. The normalized spacial score (nSPS) is 12.8. The third-order valence-corrected chi connectivity index (χ3v) is 3.91. The predicted molar refractivity (Wildman–Crippen MR) is 114 cm³/mol. The van der Waals surface area contributed by atoms with E-state index < -0.39 is 17.7 Å². The second-order valence-electron chi connectivity index (χ2n) is 7.61. The van der Waals surface area contributed by atoms with Crippen LogP contribution in [0.3, 0.4) is 0 Å². The van der Waals surface area contributed by atoms with Crippen LogP contribution < -0.4 is 16.0 Å². The van der Waals surface area contributed by atoms with Crippen molar-refractivity contribution in [2.24, 2.45) is 5.92 Å². The SMILES string of the molecule is C=CCC(NC(=O)OC(C)(C)C)C(=O)NCc1ccccc1NC(=O)C(C)C=C. The molecule has 1 aromatic rings. The van der Waals surface area contributed by atoms with E-state index in [9.17, 15) is 14.4 Å². The molecule has 0 aromatic heterocycles. The van der Waals surface area contributed by atoms with Crippen LogP contribution in [0.2, 0.25) is 0 Å². The highest BCUT2D eigenvalue weighted by molar-refractivity contribution is 5.94. The minimum Gasteiger partial charge on any atom is -0.444 e. The number of hydrogen-bond acceptors (Lipinski definition) is 4. The smallest absolute Gasteiger partial charge is 0.408 e. The molecule has 0 bridgehead atoms. The van der Waals surface area contributed by atoms with Crippen LogP contribution in [0.4, 0.5) is 10.5 Å². The molecule has 2 unspecified atom stereocenters. The van der Waals surface area contributed by atoms with Gasteiger partial charge in [0.05, 0.1) is 5.92 Å². The summed E-state index contributed by atoms with van der Waals surface area (Å²) < 4.78 is 5.20. The summed E-state index contributed by atoms with van der Waals surface area (Å²) in [6.45, 7) is 14.4. The van der Waals surface area contributed by atoms with Crippen molar-refractivity contribution in [3.8, 4) is 0 Å². The molecule has 0 saturated carbocycles. The number of para-hydroxylation sites is 1. The van der Waals surface area contributed by atoms with Gasteiger partial charge in [-0.05, 0) is 38.8 Å². The average molecular weight is 402 g/mol. The number of rotatable bonds is 9. The largest absolute Gasteiger partial charge is 0.444 e. The number of hydrogen-bond donors (Lipinski definition) is 3. The van der Waals surface area contributed by atoms with E-state index in [1.165, 1.54) is 0 Å². The van der Waals surface area contributed by atoms with Gasteiger partial charge in [0.25, 0.3) is 0 Å². The average Bonchev–Trinajstić information content (AvgIpc) is 2.64. The Kier molecular flexibility index (Phi) is 9.12. The van der Waals surface area contributed by atoms with Crippen molar-refractivity contribution in [3.63, 3.8) is 0 Å². The van der Waals surface area contributed by atoms with Crippen LogP contribution in [-0.4, -0.2) is 29.6 Å². The van der Waals surface area contributed by atoms with Gasteiger partial charge in [0, 0.05) is 12.2 Å². The molecule has 158 valence electrons. The lowest BCUT2D eigenvalue weighted by Gasteiger charge is -2.23. The van der Waals surface area contributed by atoms with E-state index in [0.717, 1.165) is 5.56 Å². The summed E-state index contributed by atoms with van der Waals surface area (Å²) in [5.41, 5.74) is 0.672. The van der Waals surface area contributed by atoms with Gasteiger partial charge in [-0.3, -0.25) is 9.59 Å². The fraction of sp³-hybridized carbons (Fsp3) is 0.409. The molecule has 0 saturated heterocycles. The van der Waals surface area contributed by atoms with Gasteiger partial charge in [-0.2, -0.15) is 0 Å². The van der Waals surface area contributed by atoms with Crippen molar-refractivity contribution in [2.45, 2.75) is 52.3 Å². The first-order chi connectivity index (χ1) is 13.6. The zero-order valence-corrected chi connectivity index (χ0v) is 17.6. The van der Waals surface area contributed by atoms with E-state index in [1.807, 2.05) is 6.07 Å². The van der Waals surface area contributed by atoms with Crippen LogP contribution in [0.25, 0.3) is 0 Å². The molecule has 1 aromatic carbocycles. The molecule has 0 aliphatic rings. The Balaban J connectivity index is 2.78. The van der Waals surface area contributed by atoms with E-state index in [1.54, 1.807) is 58.0 Å².